The minimum absolute atomic E-state index is 0.142. The summed E-state index contributed by atoms with van der Waals surface area (Å²) in [6.45, 7) is 1.94. The molecule has 8 heteroatoms. The van der Waals surface area contributed by atoms with Crippen LogP contribution in [0.3, 0.4) is 0 Å². The molecule has 1 heterocycles. The van der Waals surface area contributed by atoms with Crippen molar-refractivity contribution in [2.45, 2.75) is 19.0 Å². The molecular weight excluding hydrogens is 406 g/mol. The molecule has 4 rings (SSSR count). The highest BCUT2D eigenvalue weighted by Crippen LogP contribution is 2.33. The standard InChI is InChI=1S/C21H21NO3.CH4O3S/c1-21(12-23,13-24)22-11-17-10-16-9-8-15-7-6-14-4-2-3-5-18(14)19(15)20(16)25-17;1-5(2,3)4/h2-10,22-24H,11-13H2,1H3;1H3,(H,2,3,4). The Bertz CT molecular complexity index is 1270. The Labute approximate surface area is 174 Å². The van der Waals surface area contributed by atoms with Crippen LogP contribution in [0.15, 0.2) is 59.0 Å². The van der Waals surface area contributed by atoms with Crippen molar-refractivity contribution >= 4 is 42.6 Å². The molecule has 1 aromatic heterocycles. The third-order valence-corrected chi connectivity index (χ3v) is 4.83. The molecule has 0 spiro atoms. The highest BCUT2D eigenvalue weighted by molar-refractivity contribution is 7.85. The highest BCUT2D eigenvalue weighted by Gasteiger charge is 2.22. The molecule has 4 N–H and O–H groups in total. The number of hydrogen-bond acceptors (Lipinski definition) is 6. The van der Waals surface area contributed by atoms with Gasteiger partial charge in [0, 0.05) is 10.8 Å². The maximum atomic E-state index is 9.41. The predicted molar refractivity (Wildman–Crippen MR) is 118 cm³/mol. The monoisotopic (exact) mass is 431 g/mol. The first-order valence-corrected chi connectivity index (χ1v) is 11.2. The van der Waals surface area contributed by atoms with E-state index in [1.54, 1.807) is 6.92 Å². The zero-order valence-electron chi connectivity index (χ0n) is 16.8. The lowest BCUT2D eigenvalue weighted by atomic mass is 10.0. The number of rotatable bonds is 5. The summed E-state index contributed by atoms with van der Waals surface area (Å²) in [7, 11) is -3.67. The van der Waals surface area contributed by atoms with Crippen LogP contribution in [-0.4, -0.2) is 48.2 Å². The van der Waals surface area contributed by atoms with Crippen LogP contribution in [0.4, 0.5) is 0 Å². The van der Waals surface area contributed by atoms with Gasteiger partial charge in [-0.1, -0.05) is 48.5 Å². The molecule has 0 aliphatic carbocycles. The van der Waals surface area contributed by atoms with Crippen LogP contribution >= 0.6 is 0 Å². The van der Waals surface area contributed by atoms with E-state index in [0.717, 1.165) is 27.5 Å². The van der Waals surface area contributed by atoms with Crippen LogP contribution in [-0.2, 0) is 16.7 Å². The minimum atomic E-state index is -3.67. The summed E-state index contributed by atoms with van der Waals surface area (Å²) in [6, 6.07) is 18.7. The summed E-state index contributed by atoms with van der Waals surface area (Å²) < 4.78 is 32.0. The lowest BCUT2D eigenvalue weighted by Gasteiger charge is -2.25. The summed E-state index contributed by atoms with van der Waals surface area (Å²) >= 11 is 0. The molecule has 0 saturated carbocycles. The van der Waals surface area contributed by atoms with Gasteiger partial charge in [0.05, 0.1) is 31.6 Å². The summed E-state index contributed by atoms with van der Waals surface area (Å²) in [5.41, 5.74) is 0.147. The molecule has 0 saturated heterocycles. The average molecular weight is 432 g/mol. The first kappa shape index (κ1) is 22.2. The molecule has 7 nitrogen and oxygen atoms in total. The Hall–Kier alpha value is -2.49. The van der Waals surface area contributed by atoms with Crippen molar-refractivity contribution in [2.75, 3.05) is 19.5 Å². The summed E-state index contributed by atoms with van der Waals surface area (Å²) in [6.07, 6.45) is 0.715. The van der Waals surface area contributed by atoms with Crippen molar-refractivity contribution in [3.63, 3.8) is 0 Å². The van der Waals surface area contributed by atoms with Crippen LogP contribution in [0.25, 0.3) is 32.5 Å². The third kappa shape index (κ3) is 5.16. The van der Waals surface area contributed by atoms with Crippen molar-refractivity contribution in [2.24, 2.45) is 0 Å². The van der Waals surface area contributed by atoms with Gasteiger partial charge in [-0.05, 0) is 29.1 Å². The van der Waals surface area contributed by atoms with Gasteiger partial charge in [-0.25, -0.2) is 0 Å². The molecule has 0 atom stereocenters. The van der Waals surface area contributed by atoms with Gasteiger partial charge in [-0.15, -0.1) is 0 Å². The predicted octanol–water partition coefficient (Wildman–Crippen LogP) is 3.08. The van der Waals surface area contributed by atoms with Crippen LogP contribution < -0.4 is 5.32 Å². The number of nitrogens with one attached hydrogen (secondary N) is 1. The SMILES string of the molecule is CC(CO)(CO)NCc1cc2ccc3ccc4ccccc4c3c2o1.CS(=O)(=O)O. The fourth-order valence-electron chi connectivity index (χ4n) is 3.19. The molecule has 3 aromatic carbocycles. The van der Waals surface area contributed by atoms with Crippen LogP contribution in [0.2, 0.25) is 0 Å². The Morgan fingerprint density at radius 3 is 2.17 bits per heavy atom. The number of fused-ring (bicyclic) bond motifs is 5. The Morgan fingerprint density at radius 1 is 0.967 bits per heavy atom. The normalized spacial score (nSPS) is 12.3. The van der Waals surface area contributed by atoms with E-state index in [1.807, 2.05) is 18.2 Å². The molecule has 30 heavy (non-hydrogen) atoms. The third-order valence-electron chi connectivity index (χ3n) is 4.83. The highest BCUT2D eigenvalue weighted by atomic mass is 32.2. The van der Waals surface area contributed by atoms with Gasteiger partial charge >= 0.3 is 0 Å². The van der Waals surface area contributed by atoms with Gasteiger partial charge in [0.15, 0.2) is 0 Å². The molecule has 160 valence electrons. The van der Waals surface area contributed by atoms with E-state index in [-0.39, 0.29) is 13.2 Å². The molecule has 0 aliphatic heterocycles. The largest absolute Gasteiger partial charge is 0.459 e. The van der Waals surface area contributed by atoms with E-state index in [2.05, 4.69) is 41.7 Å². The van der Waals surface area contributed by atoms with Gasteiger partial charge in [0.25, 0.3) is 10.1 Å². The van der Waals surface area contributed by atoms with E-state index in [9.17, 15) is 18.6 Å². The molecule has 0 radical (unpaired) electrons. The van der Waals surface area contributed by atoms with Gasteiger partial charge in [-0.3, -0.25) is 4.55 Å². The van der Waals surface area contributed by atoms with E-state index in [1.165, 1.54) is 10.8 Å². The van der Waals surface area contributed by atoms with Gasteiger partial charge in [-0.2, -0.15) is 8.42 Å². The number of benzene rings is 3. The van der Waals surface area contributed by atoms with Crippen molar-refractivity contribution in [3.8, 4) is 0 Å². The molecule has 0 amide bonds. The average Bonchev–Trinajstić information content (AvgIpc) is 3.14. The van der Waals surface area contributed by atoms with Gasteiger partial charge in [0.2, 0.25) is 0 Å². The molecule has 0 unspecified atom stereocenters. The smallest absolute Gasteiger partial charge is 0.261 e. The zero-order valence-corrected chi connectivity index (χ0v) is 17.6. The summed E-state index contributed by atoms with van der Waals surface area (Å²) in [4.78, 5) is 0. The van der Waals surface area contributed by atoms with Crippen LogP contribution in [0, 0.1) is 0 Å². The molecule has 0 fully saturated rings. The second-order valence-corrected chi connectivity index (χ2v) is 9.01. The van der Waals surface area contributed by atoms with Gasteiger partial charge in [0.1, 0.15) is 11.3 Å². The van der Waals surface area contributed by atoms with Crippen molar-refractivity contribution in [1.82, 2.24) is 5.32 Å². The molecule has 0 aliphatic rings. The fraction of sp³-hybridized carbons (Fsp3) is 0.273. The van der Waals surface area contributed by atoms with Crippen molar-refractivity contribution < 1.29 is 27.6 Å². The Morgan fingerprint density at radius 2 is 1.53 bits per heavy atom. The number of aliphatic hydroxyl groups is 2. The first-order chi connectivity index (χ1) is 14.1. The Balaban J connectivity index is 0.000000461. The lowest BCUT2D eigenvalue weighted by Crippen LogP contribution is -2.48. The fourth-order valence-corrected chi connectivity index (χ4v) is 3.19. The quantitative estimate of drug-likeness (QED) is 0.283. The molecule has 0 bridgehead atoms. The Kier molecular flexibility index (Phi) is 6.44. The van der Waals surface area contributed by atoms with E-state index < -0.39 is 15.7 Å². The lowest BCUT2D eigenvalue weighted by molar-refractivity contribution is 0.101. The van der Waals surface area contributed by atoms with E-state index in [4.69, 9.17) is 8.97 Å². The topological polar surface area (TPSA) is 120 Å². The van der Waals surface area contributed by atoms with Gasteiger partial charge < -0.3 is 19.9 Å². The second kappa shape index (κ2) is 8.71. The van der Waals surface area contributed by atoms with Crippen molar-refractivity contribution in [1.29, 1.82) is 0 Å². The minimum Gasteiger partial charge on any atom is -0.459 e. The zero-order chi connectivity index (χ0) is 21.9. The number of aliphatic hydroxyl groups excluding tert-OH is 2. The van der Waals surface area contributed by atoms with E-state index in [0.29, 0.717) is 12.8 Å². The first-order valence-electron chi connectivity index (χ1n) is 9.36. The maximum absolute atomic E-state index is 9.41. The summed E-state index contributed by atoms with van der Waals surface area (Å²) in [5, 5.41) is 27.7. The number of furan rings is 1. The van der Waals surface area contributed by atoms with Crippen LogP contribution in [0.1, 0.15) is 12.7 Å². The van der Waals surface area contributed by atoms with E-state index >= 15 is 0 Å². The second-order valence-electron chi connectivity index (χ2n) is 7.54. The molecule has 4 aromatic rings. The van der Waals surface area contributed by atoms with Crippen molar-refractivity contribution in [3.05, 3.63) is 60.4 Å². The van der Waals surface area contributed by atoms with Crippen LogP contribution in [0.5, 0.6) is 0 Å². The molecular formula is C22H25NO6S. The summed E-state index contributed by atoms with van der Waals surface area (Å²) in [5.74, 6) is 0.781. The number of hydrogen-bond donors (Lipinski definition) is 4. The maximum Gasteiger partial charge on any atom is 0.261 e.